The monoisotopic (exact) mass is 1020 g/mol. The molecule has 0 aliphatic carbocycles. The topological polar surface area (TPSA) is 242 Å². The van der Waals surface area contributed by atoms with Crippen LogP contribution in [0, 0.1) is 36.5 Å². The summed E-state index contributed by atoms with van der Waals surface area (Å²) >= 11 is 0. The normalized spacial score (nSPS) is 30.8. The molecule has 9 atom stereocenters. The fraction of sp³-hybridized carbons (Fsp3) is 0.630. The molecule has 19 heteroatoms. The van der Waals surface area contributed by atoms with Crippen LogP contribution >= 0.6 is 0 Å². The van der Waals surface area contributed by atoms with Gasteiger partial charge in [0.2, 0.25) is 0 Å². The van der Waals surface area contributed by atoms with E-state index >= 15 is 0 Å². The van der Waals surface area contributed by atoms with E-state index in [0.29, 0.717) is 31.8 Å². The predicted octanol–water partition coefficient (Wildman–Crippen LogP) is 4.89. The lowest BCUT2D eigenvalue weighted by Crippen LogP contribution is -2.56. The number of benzene rings is 2. The van der Waals surface area contributed by atoms with Crippen LogP contribution in [0.2, 0.25) is 0 Å². The number of fused-ring (bicyclic) bond motifs is 13. The first kappa shape index (κ1) is 55.2. The van der Waals surface area contributed by atoms with Crippen LogP contribution in [-0.2, 0) is 28.5 Å². The molecular weight excluding hydrogens is 941 g/mol. The number of hydrogen-bond donors (Lipinski definition) is 5. The van der Waals surface area contributed by atoms with Gasteiger partial charge in [-0.15, -0.1) is 0 Å². The summed E-state index contributed by atoms with van der Waals surface area (Å²) in [5.74, 6) is -6.64. The van der Waals surface area contributed by atoms with Gasteiger partial charge in [-0.1, -0.05) is 59.8 Å². The van der Waals surface area contributed by atoms with Crippen molar-refractivity contribution in [2.45, 2.75) is 130 Å². The van der Waals surface area contributed by atoms with Gasteiger partial charge < -0.3 is 64.1 Å². The van der Waals surface area contributed by atoms with E-state index < -0.39 is 94.4 Å². The molecule has 6 aliphatic rings. The number of anilines is 1. The Bertz CT molecular complexity index is 2700. The van der Waals surface area contributed by atoms with Crippen molar-refractivity contribution in [1.29, 1.82) is 0 Å². The van der Waals surface area contributed by atoms with Crippen LogP contribution in [0.4, 0.5) is 10.5 Å². The highest BCUT2D eigenvalue weighted by Gasteiger charge is 2.50. The molecule has 5 bridgehead atoms. The van der Waals surface area contributed by atoms with Gasteiger partial charge in [0, 0.05) is 120 Å². The average molecular weight is 1020 g/mol. The van der Waals surface area contributed by atoms with Gasteiger partial charge >= 0.3 is 11.9 Å². The summed E-state index contributed by atoms with van der Waals surface area (Å²) in [4.78, 5) is 72.1. The minimum Gasteiger partial charge on any atom is -0.507 e. The molecule has 2 saturated heterocycles. The quantitative estimate of drug-likeness (QED) is 0.242. The second-order valence-electron chi connectivity index (χ2n) is 21.7. The highest BCUT2D eigenvalue weighted by atomic mass is 16.7. The van der Waals surface area contributed by atoms with Crippen LogP contribution in [0.3, 0.4) is 0 Å². The molecular formula is C54H76N6O13. The Balaban J connectivity index is 1.30. The van der Waals surface area contributed by atoms with Crippen LogP contribution < -0.4 is 20.8 Å². The zero-order chi connectivity index (χ0) is 53.6. The minimum absolute atomic E-state index is 0.0130. The van der Waals surface area contributed by atoms with Gasteiger partial charge in [-0.25, -0.2) is 4.79 Å². The summed E-state index contributed by atoms with van der Waals surface area (Å²) in [6, 6.07) is 0. The number of ether oxygens (including phenoxy) is 5. The van der Waals surface area contributed by atoms with Crippen LogP contribution in [0.15, 0.2) is 46.1 Å². The number of aliphatic hydroxyl groups is 2. The maximum atomic E-state index is 15.0. The van der Waals surface area contributed by atoms with Gasteiger partial charge in [-0.05, 0) is 39.7 Å². The molecule has 3 amide bonds. The van der Waals surface area contributed by atoms with Crippen molar-refractivity contribution in [3.63, 3.8) is 0 Å². The zero-order valence-electron chi connectivity index (χ0n) is 44.6. The number of phenols is 2. The van der Waals surface area contributed by atoms with Crippen molar-refractivity contribution in [2.24, 2.45) is 39.6 Å². The number of ketones is 1. The molecule has 73 heavy (non-hydrogen) atoms. The molecule has 1 spiro atoms. The smallest absolute Gasteiger partial charge is 0.410 e. The Labute approximate surface area is 427 Å². The van der Waals surface area contributed by atoms with Crippen LogP contribution in [0.5, 0.6) is 17.2 Å². The maximum Gasteiger partial charge on any atom is 0.410 e. The second kappa shape index (κ2) is 21.3. The highest BCUT2D eigenvalue weighted by molar-refractivity contribution is 6.19. The first-order valence-electron chi connectivity index (χ1n) is 25.5. The second-order valence-corrected chi connectivity index (χ2v) is 21.7. The fourth-order valence-electron chi connectivity index (χ4n) is 10.8. The zero-order valence-corrected chi connectivity index (χ0v) is 44.6. The molecule has 0 radical (unpaired) electrons. The third-order valence-corrected chi connectivity index (χ3v) is 15.7. The number of nitrogens with one attached hydrogen (secondary N) is 1. The molecule has 6 heterocycles. The van der Waals surface area contributed by atoms with Gasteiger partial charge in [0.25, 0.3) is 17.6 Å². The number of aliphatic hydroxyl groups excluding tert-OH is 2. The van der Waals surface area contributed by atoms with Crippen molar-refractivity contribution in [2.75, 3.05) is 65.3 Å². The fourth-order valence-corrected chi connectivity index (χ4v) is 10.8. The van der Waals surface area contributed by atoms with Gasteiger partial charge in [0.1, 0.15) is 34.2 Å². The summed E-state index contributed by atoms with van der Waals surface area (Å²) < 4.78 is 30.2. The third kappa shape index (κ3) is 10.6. The number of allylic oxidation sites excluding steroid dienone is 2. The standard InChI is InChI=1S/C54H76N6O13/c1-28(2)27-58-20-18-54(19-21-58)56-39-36-37-44(63)34(8)47-38(36)48(65)53(11,73-47)71-26-17-35(69-12)31(5)46(72-51(68)60-24-22-59(23-25-60)50(67)52(9,10)70-13)33(7)43(62)32(6)42(61)29(3)15-14-16-30(4)49(66)55-41(45(37)64)40(39)57-54/h14-17,26,28-29,31-33,35,42-43,46,61-64H,18-25,27H2,1-13H3,(H,55,66)/b15-14+,26-17+,30-16-/t29-,31+,32+,33+,35-,42-,43+,46+,53-/m0/s1. The number of carbonyl (C=O) groups is 4. The molecule has 0 aromatic heterocycles. The number of rotatable bonds is 6. The summed E-state index contributed by atoms with van der Waals surface area (Å²) in [5, 5.41) is 51.1. The van der Waals surface area contributed by atoms with E-state index in [-0.39, 0.29) is 81.7 Å². The third-order valence-electron chi connectivity index (χ3n) is 15.7. The number of likely N-dealkylation sites (tertiary alicyclic amines) is 1. The molecule has 19 nitrogen and oxygen atoms in total. The number of carbonyl (C=O) groups excluding carboxylic acids is 4. The molecule has 400 valence electrons. The van der Waals surface area contributed by atoms with Crippen molar-refractivity contribution < 1.29 is 63.3 Å². The maximum absolute atomic E-state index is 15.0. The van der Waals surface area contributed by atoms with Gasteiger partial charge in [-0.2, -0.15) is 0 Å². The summed E-state index contributed by atoms with van der Waals surface area (Å²) in [6.45, 7) is 22.4. The number of amides is 3. The Morgan fingerprint density at radius 2 is 1.51 bits per heavy atom. The van der Waals surface area contributed by atoms with E-state index in [1.165, 1.54) is 32.3 Å². The van der Waals surface area contributed by atoms with Crippen LogP contribution in [0.1, 0.15) is 98.0 Å². The van der Waals surface area contributed by atoms with E-state index in [1.54, 1.807) is 84.6 Å². The summed E-state index contributed by atoms with van der Waals surface area (Å²) in [6.07, 6.45) is 3.88. The Hall–Kier alpha value is -5.60. The lowest BCUT2D eigenvalue weighted by Gasteiger charge is -2.41. The van der Waals surface area contributed by atoms with E-state index in [0.717, 1.165) is 6.54 Å². The number of piperidine rings is 1. The van der Waals surface area contributed by atoms with Crippen molar-refractivity contribution in [3.8, 4) is 17.2 Å². The predicted molar refractivity (Wildman–Crippen MR) is 272 cm³/mol. The number of phenolic OH excluding ortho intramolecular Hbond substituents is 2. The Morgan fingerprint density at radius 3 is 2.12 bits per heavy atom. The first-order valence-corrected chi connectivity index (χ1v) is 25.5. The molecule has 2 aromatic rings. The number of hydrogen-bond acceptors (Lipinski definition) is 16. The van der Waals surface area contributed by atoms with Crippen molar-refractivity contribution >= 4 is 40.2 Å². The molecule has 0 saturated carbocycles. The number of aromatic hydroxyl groups is 2. The molecule has 0 unspecified atom stereocenters. The molecule has 2 aromatic carbocycles. The number of Topliss-reactive ketones (excluding diaryl/α,β-unsaturated/α-hetero) is 1. The van der Waals surface area contributed by atoms with E-state index in [4.69, 9.17) is 33.7 Å². The molecule has 6 aliphatic heterocycles. The number of piperazine rings is 1. The van der Waals surface area contributed by atoms with E-state index in [9.17, 15) is 39.6 Å². The number of methoxy groups -OCH3 is 2. The first-order chi connectivity index (χ1) is 34.3. The van der Waals surface area contributed by atoms with Gasteiger partial charge in [-0.3, -0.25) is 24.4 Å². The van der Waals surface area contributed by atoms with E-state index in [1.807, 2.05) is 0 Å². The van der Waals surface area contributed by atoms with Crippen LogP contribution in [-0.4, -0.2) is 160 Å². The van der Waals surface area contributed by atoms with Gasteiger partial charge in [0.15, 0.2) is 11.4 Å². The Kier molecular flexibility index (Phi) is 16.1. The lowest BCUT2D eigenvalue weighted by atomic mass is 9.78. The van der Waals surface area contributed by atoms with Crippen LogP contribution in [0.25, 0.3) is 10.8 Å². The van der Waals surface area contributed by atoms with E-state index in [2.05, 4.69) is 24.1 Å². The summed E-state index contributed by atoms with van der Waals surface area (Å²) in [7, 11) is 2.93. The number of nitrogens with zero attached hydrogens (tertiary/aromatic N) is 5. The molecule has 8 rings (SSSR count). The summed E-state index contributed by atoms with van der Waals surface area (Å²) in [5.41, 5.74) is -1.72. The average Bonchev–Trinajstić information content (AvgIpc) is 3.86. The highest BCUT2D eigenvalue weighted by Crippen LogP contribution is 2.50. The Morgan fingerprint density at radius 1 is 0.877 bits per heavy atom. The molecule has 5 N–H and O–H groups in total. The van der Waals surface area contributed by atoms with Gasteiger partial charge in [0.05, 0.1) is 40.9 Å². The SMILES string of the molecule is CO[C@H]1/C=C/O[C@@]2(C)Oc3c(C)c(O)c4c(O)c(c5c(c4c3C2=O)=NC2(CCN(CC(C)C)CC2)N=5)NC(=O)/C(C)=C\C=C\[C@H](C)[C@H](O)[C@@H](C)[C@@H](O)[C@@H](C)[C@H](OC(=O)N2CCN(C(=O)C(C)(C)OC)CC2)[C@@H]1C. The largest absolute Gasteiger partial charge is 0.507 e. The van der Waals surface area contributed by atoms with Crippen molar-refractivity contribution in [3.05, 3.63) is 58.0 Å². The lowest BCUT2D eigenvalue weighted by molar-refractivity contribution is -0.152. The molecule has 2 fully saturated rings. The minimum atomic E-state index is -2.01. The van der Waals surface area contributed by atoms with Crippen molar-refractivity contribution in [1.82, 2.24) is 14.7 Å².